The Morgan fingerprint density at radius 2 is 1.42 bits per heavy atom. The summed E-state index contributed by atoms with van der Waals surface area (Å²) in [4.78, 5) is 25.6. The molecule has 0 saturated carbocycles. The maximum Gasteiger partial charge on any atom is 0.261 e. The molecule has 0 bridgehead atoms. The van der Waals surface area contributed by atoms with Gasteiger partial charge < -0.3 is 10.6 Å². The third-order valence-corrected chi connectivity index (χ3v) is 6.49. The van der Waals surface area contributed by atoms with E-state index in [4.69, 9.17) is 0 Å². The van der Waals surface area contributed by atoms with Gasteiger partial charge in [-0.2, -0.15) is 0 Å². The molecule has 0 unspecified atom stereocenters. The van der Waals surface area contributed by atoms with Crippen LogP contribution in [0, 0.1) is 13.8 Å². The number of nitrogens with one attached hydrogen (secondary N) is 3. The molecule has 0 fully saturated rings. The van der Waals surface area contributed by atoms with E-state index in [9.17, 15) is 18.0 Å². The average Bonchev–Trinajstić information content (AvgIpc) is 2.79. The molecule has 0 atom stereocenters. The minimum absolute atomic E-state index is 0.134. The van der Waals surface area contributed by atoms with Crippen molar-refractivity contribution in [2.75, 3.05) is 16.6 Å². The highest BCUT2D eigenvalue weighted by atomic mass is 32.2. The molecule has 2 amide bonds. The van der Waals surface area contributed by atoms with E-state index in [2.05, 4.69) is 15.4 Å². The molecule has 0 saturated heterocycles. The van der Waals surface area contributed by atoms with Crippen LogP contribution in [-0.4, -0.2) is 26.8 Å². The standard InChI is InChI=1S/C25H27N3O4S/c1-4-16-26-24(29)21-8-5-6-10-23(21)27-25(30)20-9-7-11-22(18(20)3)28-33(31,32)19-14-12-17(2)13-15-19/h5-15,28H,4,16H2,1-3H3,(H,26,29)(H,27,30). The van der Waals surface area contributed by atoms with E-state index in [0.29, 0.717) is 34.6 Å². The normalized spacial score (nSPS) is 11.0. The van der Waals surface area contributed by atoms with Crippen molar-refractivity contribution < 1.29 is 18.0 Å². The molecule has 0 aliphatic heterocycles. The van der Waals surface area contributed by atoms with E-state index in [-0.39, 0.29) is 10.8 Å². The predicted molar refractivity (Wildman–Crippen MR) is 130 cm³/mol. The van der Waals surface area contributed by atoms with Crippen LogP contribution in [0.1, 0.15) is 45.2 Å². The van der Waals surface area contributed by atoms with Crippen LogP contribution in [0.2, 0.25) is 0 Å². The lowest BCUT2D eigenvalue weighted by Gasteiger charge is -2.15. The molecule has 0 aliphatic carbocycles. The maximum absolute atomic E-state index is 13.0. The summed E-state index contributed by atoms with van der Waals surface area (Å²) >= 11 is 0. The highest BCUT2D eigenvalue weighted by molar-refractivity contribution is 7.92. The Labute approximate surface area is 194 Å². The van der Waals surface area contributed by atoms with Gasteiger partial charge in [0, 0.05) is 12.1 Å². The SMILES string of the molecule is CCCNC(=O)c1ccccc1NC(=O)c1cccc(NS(=O)(=O)c2ccc(C)cc2)c1C. The summed E-state index contributed by atoms with van der Waals surface area (Å²) in [5.74, 6) is -0.719. The predicted octanol–water partition coefficient (Wildman–Crippen LogP) is 4.50. The van der Waals surface area contributed by atoms with Gasteiger partial charge in [0.15, 0.2) is 0 Å². The molecule has 0 aromatic heterocycles. The fourth-order valence-electron chi connectivity index (χ4n) is 3.23. The van der Waals surface area contributed by atoms with E-state index in [1.54, 1.807) is 61.5 Å². The lowest BCUT2D eigenvalue weighted by atomic mass is 10.1. The first kappa shape index (κ1) is 24.0. The van der Waals surface area contributed by atoms with Crippen LogP contribution in [0.5, 0.6) is 0 Å². The molecule has 8 heteroatoms. The van der Waals surface area contributed by atoms with E-state index in [1.807, 2.05) is 13.8 Å². The zero-order chi connectivity index (χ0) is 24.0. The van der Waals surface area contributed by atoms with Gasteiger partial charge in [-0.25, -0.2) is 8.42 Å². The van der Waals surface area contributed by atoms with Crippen LogP contribution >= 0.6 is 0 Å². The molecule has 33 heavy (non-hydrogen) atoms. The first-order valence-electron chi connectivity index (χ1n) is 10.6. The summed E-state index contributed by atoms with van der Waals surface area (Å²) in [6.07, 6.45) is 0.796. The second kappa shape index (κ2) is 10.3. The van der Waals surface area contributed by atoms with E-state index < -0.39 is 15.9 Å². The largest absolute Gasteiger partial charge is 0.352 e. The summed E-state index contributed by atoms with van der Waals surface area (Å²) in [7, 11) is -3.82. The van der Waals surface area contributed by atoms with Crippen LogP contribution in [0.3, 0.4) is 0 Å². The maximum atomic E-state index is 13.0. The third kappa shape index (κ3) is 5.78. The number of sulfonamides is 1. The van der Waals surface area contributed by atoms with Crippen molar-refractivity contribution in [3.8, 4) is 0 Å². The number of aryl methyl sites for hydroxylation is 1. The summed E-state index contributed by atoms with van der Waals surface area (Å²) in [5.41, 5.74) is 2.75. The van der Waals surface area contributed by atoms with Crippen LogP contribution in [0.15, 0.2) is 71.6 Å². The number of amides is 2. The van der Waals surface area contributed by atoms with Crippen molar-refractivity contribution in [1.82, 2.24) is 5.32 Å². The number of para-hydroxylation sites is 1. The van der Waals surface area contributed by atoms with Gasteiger partial charge >= 0.3 is 0 Å². The first-order valence-corrected chi connectivity index (χ1v) is 12.1. The second-order valence-corrected chi connectivity index (χ2v) is 9.33. The van der Waals surface area contributed by atoms with E-state index >= 15 is 0 Å². The molecule has 172 valence electrons. The molecular formula is C25H27N3O4S. The Balaban J connectivity index is 1.85. The molecule has 3 aromatic carbocycles. The molecule has 0 aliphatic rings. The minimum atomic E-state index is -3.82. The van der Waals surface area contributed by atoms with Crippen molar-refractivity contribution >= 4 is 33.2 Å². The fourth-order valence-corrected chi connectivity index (χ4v) is 4.35. The molecule has 0 spiro atoms. The smallest absolute Gasteiger partial charge is 0.261 e. The lowest BCUT2D eigenvalue weighted by molar-refractivity contribution is 0.0954. The number of anilines is 2. The van der Waals surface area contributed by atoms with Gasteiger partial charge in [-0.15, -0.1) is 0 Å². The third-order valence-electron chi connectivity index (χ3n) is 5.11. The van der Waals surface area contributed by atoms with Gasteiger partial charge in [-0.1, -0.05) is 42.8 Å². The Morgan fingerprint density at radius 3 is 2.12 bits per heavy atom. The highest BCUT2D eigenvalue weighted by Gasteiger charge is 2.19. The van der Waals surface area contributed by atoms with Crippen molar-refractivity contribution in [3.05, 3.63) is 89.0 Å². The zero-order valence-electron chi connectivity index (χ0n) is 18.8. The van der Waals surface area contributed by atoms with Gasteiger partial charge in [-0.05, 0) is 62.2 Å². The van der Waals surface area contributed by atoms with Gasteiger partial charge in [0.05, 0.1) is 21.8 Å². The topological polar surface area (TPSA) is 104 Å². The monoisotopic (exact) mass is 465 g/mol. The average molecular weight is 466 g/mol. The number of carbonyl (C=O) groups is 2. The van der Waals surface area contributed by atoms with Crippen LogP contribution in [0.4, 0.5) is 11.4 Å². The summed E-state index contributed by atoms with van der Waals surface area (Å²) in [6.45, 7) is 6.03. The molecule has 0 heterocycles. The molecule has 7 nitrogen and oxygen atoms in total. The second-order valence-electron chi connectivity index (χ2n) is 7.65. The Kier molecular flexibility index (Phi) is 7.50. The van der Waals surface area contributed by atoms with Crippen LogP contribution in [-0.2, 0) is 10.0 Å². The van der Waals surface area contributed by atoms with Crippen molar-refractivity contribution in [2.45, 2.75) is 32.1 Å². The summed E-state index contributed by atoms with van der Waals surface area (Å²) in [5, 5.41) is 5.58. The van der Waals surface area contributed by atoms with Crippen molar-refractivity contribution in [1.29, 1.82) is 0 Å². The Morgan fingerprint density at radius 1 is 0.788 bits per heavy atom. The lowest BCUT2D eigenvalue weighted by Crippen LogP contribution is -2.26. The highest BCUT2D eigenvalue weighted by Crippen LogP contribution is 2.24. The van der Waals surface area contributed by atoms with Crippen molar-refractivity contribution in [3.63, 3.8) is 0 Å². The Hall–Kier alpha value is -3.65. The quantitative estimate of drug-likeness (QED) is 0.456. The van der Waals surface area contributed by atoms with Gasteiger partial charge in [-0.3, -0.25) is 14.3 Å². The number of hydrogen-bond acceptors (Lipinski definition) is 4. The molecule has 3 N–H and O–H groups in total. The molecule has 3 rings (SSSR count). The number of carbonyl (C=O) groups excluding carboxylic acids is 2. The molecule has 3 aromatic rings. The zero-order valence-corrected chi connectivity index (χ0v) is 19.6. The summed E-state index contributed by atoms with van der Waals surface area (Å²) < 4.78 is 28.1. The minimum Gasteiger partial charge on any atom is -0.352 e. The number of rotatable bonds is 8. The molecular weight excluding hydrogens is 438 g/mol. The van der Waals surface area contributed by atoms with Gasteiger partial charge in [0.25, 0.3) is 21.8 Å². The number of hydrogen-bond donors (Lipinski definition) is 3. The van der Waals surface area contributed by atoms with Gasteiger partial charge in [0.1, 0.15) is 0 Å². The van der Waals surface area contributed by atoms with E-state index in [1.165, 1.54) is 12.1 Å². The van der Waals surface area contributed by atoms with Crippen LogP contribution in [0.25, 0.3) is 0 Å². The fraction of sp³-hybridized carbons (Fsp3) is 0.200. The number of benzene rings is 3. The van der Waals surface area contributed by atoms with E-state index in [0.717, 1.165) is 12.0 Å². The van der Waals surface area contributed by atoms with Crippen LogP contribution < -0.4 is 15.4 Å². The first-order chi connectivity index (χ1) is 15.7. The molecule has 0 radical (unpaired) electrons. The van der Waals surface area contributed by atoms with Crippen molar-refractivity contribution in [2.24, 2.45) is 0 Å². The van der Waals surface area contributed by atoms with Gasteiger partial charge in [0.2, 0.25) is 0 Å². The Bertz CT molecular complexity index is 1270. The summed E-state index contributed by atoms with van der Waals surface area (Å²) in [6, 6.07) is 18.1.